The van der Waals surface area contributed by atoms with Crippen LogP contribution in [0.4, 0.5) is 5.69 Å². The summed E-state index contributed by atoms with van der Waals surface area (Å²) in [5.74, 6) is -0.352. The van der Waals surface area contributed by atoms with Crippen LogP contribution in [0.15, 0.2) is 48.5 Å². The molecule has 0 saturated heterocycles. The lowest BCUT2D eigenvalue weighted by Crippen LogP contribution is -2.42. The summed E-state index contributed by atoms with van der Waals surface area (Å²) in [6.45, 7) is 0.258. The van der Waals surface area contributed by atoms with Gasteiger partial charge in [-0.25, -0.2) is 0 Å². The number of nitrogens with zero attached hydrogens (tertiary/aromatic N) is 2. The smallest absolute Gasteiger partial charge is 0.244 e. The number of fused-ring (bicyclic) bond motifs is 1. The molecule has 28 heavy (non-hydrogen) atoms. The van der Waals surface area contributed by atoms with Gasteiger partial charge >= 0.3 is 0 Å². The fourth-order valence-electron chi connectivity index (χ4n) is 3.69. The SMILES string of the molecule is CN(CC(=O)Nc1ccccc1Cl)C(=O)CN(C)C1CCCc2ccccc21. The molecule has 2 amide bonds. The summed E-state index contributed by atoms with van der Waals surface area (Å²) in [5, 5.41) is 3.22. The van der Waals surface area contributed by atoms with E-state index in [-0.39, 0.29) is 30.9 Å². The molecule has 0 bridgehead atoms. The lowest BCUT2D eigenvalue weighted by molar-refractivity contribution is -0.134. The Balaban J connectivity index is 1.55. The first kappa shape index (κ1) is 20.4. The number of amides is 2. The van der Waals surface area contributed by atoms with Crippen LogP contribution in [0.5, 0.6) is 0 Å². The molecular weight excluding hydrogens is 374 g/mol. The normalized spacial score (nSPS) is 15.8. The van der Waals surface area contributed by atoms with Crippen molar-refractivity contribution >= 4 is 29.1 Å². The molecule has 0 spiro atoms. The van der Waals surface area contributed by atoms with E-state index in [9.17, 15) is 9.59 Å². The Morgan fingerprint density at radius 2 is 1.79 bits per heavy atom. The van der Waals surface area contributed by atoms with Gasteiger partial charge in [-0.3, -0.25) is 14.5 Å². The van der Waals surface area contributed by atoms with Gasteiger partial charge < -0.3 is 10.2 Å². The fraction of sp³-hybridized carbons (Fsp3) is 0.364. The van der Waals surface area contributed by atoms with Crippen LogP contribution in [0, 0.1) is 0 Å². The molecule has 1 unspecified atom stereocenters. The quantitative estimate of drug-likeness (QED) is 0.804. The minimum Gasteiger partial charge on any atom is -0.335 e. The minimum atomic E-state index is -0.269. The predicted molar refractivity (Wildman–Crippen MR) is 112 cm³/mol. The monoisotopic (exact) mass is 399 g/mol. The van der Waals surface area contributed by atoms with Crippen molar-refractivity contribution in [1.29, 1.82) is 0 Å². The highest BCUT2D eigenvalue weighted by molar-refractivity contribution is 6.33. The van der Waals surface area contributed by atoms with Crippen molar-refractivity contribution in [3.8, 4) is 0 Å². The molecule has 3 rings (SSSR count). The van der Waals surface area contributed by atoms with Gasteiger partial charge in [-0.1, -0.05) is 48.0 Å². The molecule has 0 aliphatic heterocycles. The highest BCUT2D eigenvalue weighted by Gasteiger charge is 2.25. The van der Waals surface area contributed by atoms with Gasteiger partial charge in [-0.2, -0.15) is 0 Å². The van der Waals surface area contributed by atoms with Crippen molar-refractivity contribution in [3.05, 3.63) is 64.7 Å². The van der Waals surface area contributed by atoms with Gasteiger partial charge in [-0.15, -0.1) is 0 Å². The molecule has 6 heteroatoms. The topological polar surface area (TPSA) is 52.7 Å². The zero-order valence-electron chi connectivity index (χ0n) is 16.3. The lowest BCUT2D eigenvalue weighted by atomic mass is 9.87. The van der Waals surface area contributed by atoms with Crippen LogP contribution in [0.25, 0.3) is 0 Å². The number of para-hydroxylation sites is 1. The number of carbonyl (C=O) groups excluding carboxylic acids is 2. The van der Waals surface area contributed by atoms with Crippen LogP contribution in [-0.2, 0) is 16.0 Å². The second-order valence-electron chi connectivity index (χ2n) is 7.30. The maximum atomic E-state index is 12.6. The largest absolute Gasteiger partial charge is 0.335 e. The Bertz CT molecular complexity index is 855. The Labute approximate surface area is 171 Å². The molecule has 5 nitrogen and oxygen atoms in total. The highest BCUT2D eigenvalue weighted by atomic mass is 35.5. The molecule has 148 valence electrons. The van der Waals surface area contributed by atoms with E-state index in [4.69, 9.17) is 11.6 Å². The van der Waals surface area contributed by atoms with Crippen molar-refractivity contribution in [3.63, 3.8) is 0 Å². The number of rotatable bonds is 6. The Morgan fingerprint density at radius 1 is 1.07 bits per heavy atom. The van der Waals surface area contributed by atoms with E-state index >= 15 is 0 Å². The maximum Gasteiger partial charge on any atom is 0.244 e. The first-order chi connectivity index (χ1) is 13.5. The average Bonchev–Trinajstić information content (AvgIpc) is 2.69. The van der Waals surface area contributed by atoms with Crippen molar-refractivity contribution in [2.75, 3.05) is 32.5 Å². The third-order valence-electron chi connectivity index (χ3n) is 5.21. The molecule has 0 aromatic heterocycles. The molecule has 2 aromatic rings. The standard InChI is InChI=1S/C22H26ClN3O2/c1-25(20-13-7-9-16-8-3-4-10-17(16)20)15-22(28)26(2)14-21(27)24-19-12-6-5-11-18(19)23/h3-6,8,10-12,20H,7,9,13-15H2,1-2H3,(H,24,27). The van der Waals surface area contributed by atoms with Crippen molar-refractivity contribution in [2.24, 2.45) is 0 Å². The van der Waals surface area contributed by atoms with Gasteiger partial charge in [0.05, 0.1) is 23.8 Å². The van der Waals surface area contributed by atoms with Crippen molar-refractivity contribution in [2.45, 2.75) is 25.3 Å². The summed E-state index contributed by atoms with van der Waals surface area (Å²) in [7, 11) is 3.62. The molecule has 1 atom stereocenters. The van der Waals surface area contributed by atoms with E-state index in [0.717, 1.165) is 19.3 Å². The summed E-state index contributed by atoms with van der Waals surface area (Å²) in [6.07, 6.45) is 3.25. The molecule has 1 aliphatic carbocycles. The summed E-state index contributed by atoms with van der Waals surface area (Å²) >= 11 is 6.06. The van der Waals surface area contributed by atoms with E-state index in [1.165, 1.54) is 16.0 Å². The second kappa shape index (κ2) is 9.22. The van der Waals surface area contributed by atoms with E-state index in [2.05, 4.69) is 34.5 Å². The third-order valence-corrected chi connectivity index (χ3v) is 5.54. The molecular formula is C22H26ClN3O2. The number of carbonyl (C=O) groups is 2. The molecule has 1 aliphatic rings. The first-order valence-corrected chi connectivity index (χ1v) is 9.90. The van der Waals surface area contributed by atoms with Crippen molar-refractivity contribution < 1.29 is 9.59 Å². The lowest BCUT2D eigenvalue weighted by Gasteiger charge is -2.33. The minimum absolute atomic E-state index is 0.0147. The summed E-state index contributed by atoms with van der Waals surface area (Å²) in [4.78, 5) is 28.4. The Morgan fingerprint density at radius 3 is 2.57 bits per heavy atom. The zero-order valence-corrected chi connectivity index (χ0v) is 17.1. The van der Waals surface area contributed by atoms with E-state index < -0.39 is 0 Å². The van der Waals surface area contributed by atoms with Crippen LogP contribution in [0.1, 0.15) is 30.0 Å². The molecule has 1 N–H and O–H groups in total. The molecule has 0 fully saturated rings. The number of nitrogens with one attached hydrogen (secondary N) is 1. The van der Waals surface area contributed by atoms with Gasteiger partial charge in [0.25, 0.3) is 0 Å². The fourth-order valence-corrected chi connectivity index (χ4v) is 3.87. The predicted octanol–water partition coefficient (Wildman–Crippen LogP) is 3.75. The van der Waals surface area contributed by atoms with Gasteiger partial charge in [0.15, 0.2) is 0 Å². The maximum absolute atomic E-state index is 12.6. The van der Waals surface area contributed by atoms with E-state index in [1.54, 1.807) is 31.3 Å². The van der Waals surface area contributed by atoms with Crippen molar-refractivity contribution in [1.82, 2.24) is 9.80 Å². The molecule has 0 heterocycles. The molecule has 0 saturated carbocycles. The average molecular weight is 400 g/mol. The number of hydrogen-bond acceptors (Lipinski definition) is 3. The van der Waals surface area contributed by atoms with Crippen LogP contribution in [0.2, 0.25) is 5.02 Å². The zero-order chi connectivity index (χ0) is 20.1. The van der Waals surface area contributed by atoms with Crippen LogP contribution >= 0.6 is 11.6 Å². The Hall–Kier alpha value is -2.37. The summed E-state index contributed by atoms with van der Waals surface area (Å²) < 4.78 is 0. The van der Waals surface area contributed by atoms with Crippen LogP contribution in [0.3, 0.4) is 0 Å². The number of hydrogen-bond donors (Lipinski definition) is 1. The molecule has 0 radical (unpaired) electrons. The Kier molecular flexibility index (Phi) is 6.70. The van der Waals surface area contributed by atoms with Crippen LogP contribution in [-0.4, -0.2) is 48.8 Å². The third kappa shape index (κ3) is 4.91. The van der Waals surface area contributed by atoms with Gasteiger partial charge in [-0.05, 0) is 49.6 Å². The summed E-state index contributed by atoms with van der Waals surface area (Å²) in [6, 6.07) is 15.7. The van der Waals surface area contributed by atoms with E-state index in [1.807, 2.05) is 7.05 Å². The van der Waals surface area contributed by atoms with Gasteiger partial charge in [0.2, 0.25) is 11.8 Å². The van der Waals surface area contributed by atoms with Gasteiger partial charge in [0, 0.05) is 13.1 Å². The summed E-state index contributed by atoms with van der Waals surface area (Å²) in [5.41, 5.74) is 3.22. The number of benzene rings is 2. The first-order valence-electron chi connectivity index (χ1n) is 9.52. The van der Waals surface area contributed by atoms with Gasteiger partial charge in [0.1, 0.15) is 0 Å². The number of halogens is 1. The second-order valence-corrected chi connectivity index (χ2v) is 7.71. The molecule has 2 aromatic carbocycles. The van der Waals surface area contributed by atoms with Crippen LogP contribution < -0.4 is 5.32 Å². The number of likely N-dealkylation sites (N-methyl/N-ethyl adjacent to an activating group) is 2. The number of aryl methyl sites for hydroxylation is 1. The number of anilines is 1. The highest BCUT2D eigenvalue weighted by Crippen LogP contribution is 2.33. The van der Waals surface area contributed by atoms with E-state index in [0.29, 0.717) is 10.7 Å².